The van der Waals surface area contributed by atoms with E-state index in [0.29, 0.717) is 5.41 Å². The third kappa shape index (κ3) is 5.86. The van der Waals surface area contributed by atoms with Gasteiger partial charge in [0, 0.05) is 5.33 Å². The summed E-state index contributed by atoms with van der Waals surface area (Å²) in [6, 6.07) is 0. The lowest BCUT2D eigenvalue weighted by atomic mass is 9.68. The van der Waals surface area contributed by atoms with Crippen molar-refractivity contribution in [3.8, 4) is 0 Å². The molecule has 0 nitrogen and oxygen atoms in total. The van der Waals surface area contributed by atoms with Crippen LogP contribution in [0.1, 0.15) is 71.6 Å². The van der Waals surface area contributed by atoms with E-state index in [1.54, 1.807) is 0 Å². The molecule has 0 N–H and O–H groups in total. The summed E-state index contributed by atoms with van der Waals surface area (Å²) in [5.41, 5.74) is 0.650. The first-order valence-corrected chi connectivity index (χ1v) is 10.2. The molecule has 0 atom stereocenters. The first-order chi connectivity index (χ1) is 8.76. The summed E-state index contributed by atoms with van der Waals surface area (Å²) in [6.07, 6.45) is 13.1. The Morgan fingerprint density at radius 3 is 2.44 bits per heavy atom. The molecule has 108 valence electrons. The van der Waals surface area contributed by atoms with Crippen LogP contribution < -0.4 is 0 Å². The first-order valence-electron chi connectivity index (χ1n) is 7.90. The third-order valence-electron chi connectivity index (χ3n) is 4.62. The maximum Gasteiger partial charge on any atom is 0.00879 e. The number of unbranched alkanes of at least 4 members (excludes halogenated alkanes) is 1. The van der Waals surface area contributed by atoms with Crippen molar-refractivity contribution in [3.05, 3.63) is 0 Å². The minimum absolute atomic E-state index is 0.650. The quantitative estimate of drug-likeness (QED) is 0.353. The fourth-order valence-corrected chi connectivity index (χ4v) is 4.69. The number of hydrogen-bond acceptors (Lipinski definition) is 1. The lowest BCUT2D eigenvalue weighted by Crippen LogP contribution is -2.29. The van der Waals surface area contributed by atoms with Gasteiger partial charge in [0.1, 0.15) is 0 Å². The number of rotatable bonds is 9. The topological polar surface area (TPSA) is 0 Å². The molecule has 18 heavy (non-hydrogen) atoms. The van der Waals surface area contributed by atoms with Gasteiger partial charge < -0.3 is 0 Å². The molecule has 0 unspecified atom stereocenters. The maximum absolute atomic E-state index is 3.80. The summed E-state index contributed by atoms with van der Waals surface area (Å²) in [4.78, 5) is 0. The molecule has 0 amide bonds. The molecular weight excluding hydrogens is 304 g/mol. The van der Waals surface area contributed by atoms with Crippen LogP contribution in [-0.2, 0) is 0 Å². The molecule has 1 saturated carbocycles. The summed E-state index contributed by atoms with van der Waals surface area (Å²) in [7, 11) is 0. The monoisotopic (exact) mass is 334 g/mol. The molecule has 0 bridgehead atoms. The Labute approximate surface area is 127 Å². The van der Waals surface area contributed by atoms with E-state index in [-0.39, 0.29) is 0 Å². The first kappa shape index (κ1) is 16.9. The number of halogens is 1. The van der Waals surface area contributed by atoms with Gasteiger partial charge in [0.15, 0.2) is 0 Å². The molecule has 1 aliphatic carbocycles. The molecule has 0 aromatic rings. The van der Waals surface area contributed by atoms with Gasteiger partial charge in [-0.05, 0) is 61.4 Å². The normalized spacial score (nSPS) is 28.5. The second-order valence-corrected chi connectivity index (χ2v) is 7.97. The maximum atomic E-state index is 3.80. The van der Waals surface area contributed by atoms with Crippen LogP contribution in [-0.4, -0.2) is 16.8 Å². The molecule has 1 fully saturated rings. The Bertz CT molecular complexity index is 197. The highest BCUT2D eigenvalue weighted by molar-refractivity contribution is 9.09. The van der Waals surface area contributed by atoms with E-state index < -0.39 is 0 Å². The molecule has 0 aromatic carbocycles. The second kappa shape index (κ2) is 9.69. The highest BCUT2D eigenvalue weighted by atomic mass is 79.9. The highest BCUT2D eigenvalue weighted by Gasteiger charge is 2.33. The van der Waals surface area contributed by atoms with E-state index in [9.17, 15) is 0 Å². The van der Waals surface area contributed by atoms with E-state index in [4.69, 9.17) is 0 Å². The molecule has 0 aromatic heterocycles. The van der Waals surface area contributed by atoms with Crippen molar-refractivity contribution in [1.82, 2.24) is 0 Å². The Hall–Kier alpha value is 0.830. The zero-order valence-electron chi connectivity index (χ0n) is 12.3. The van der Waals surface area contributed by atoms with Crippen LogP contribution >= 0.6 is 27.7 Å². The summed E-state index contributed by atoms with van der Waals surface area (Å²) >= 11 is 5.91. The molecule has 1 aliphatic rings. The van der Waals surface area contributed by atoms with E-state index >= 15 is 0 Å². The molecular formula is C16H31BrS. The van der Waals surface area contributed by atoms with Crippen molar-refractivity contribution in [1.29, 1.82) is 0 Å². The minimum atomic E-state index is 0.650. The Morgan fingerprint density at radius 1 is 1.17 bits per heavy atom. The average molecular weight is 335 g/mol. The van der Waals surface area contributed by atoms with Gasteiger partial charge in [-0.1, -0.05) is 49.0 Å². The fourth-order valence-electron chi connectivity index (χ4n) is 3.22. The van der Waals surface area contributed by atoms with Crippen molar-refractivity contribution >= 4 is 27.7 Å². The lowest BCUT2D eigenvalue weighted by molar-refractivity contribution is 0.157. The van der Waals surface area contributed by atoms with Gasteiger partial charge in [-0.15, -0.1) is 0 Å². The van der Waals surface area contributed by atoms with Gasteiger partial charge in [0.25, 0.3) is 0 Å². The van der Waals surface area contributed by atoms with Crippen LogP contribution in [0.5, 0.6) is 0 Å². The van der Waals surface area contributed by atoms with E-state index in [2.05, 4.69) is 41.5 Å². The molecule has 0 radical (unpaired) electrons. The van der Waals surface area contributed by atoms with E-state index in [1.807, 2.05) is 0 Å². The van der Waals surface area contributed by atoms with Crippen LogP contribution in [0, 0.1) is 11.3 Å². The van der Waals surface area contributed by atoms with E-state index in [0.717, 1.165) is 5.92 Å². The zero-order chi connectivity index (χ0) is 13.3. The standard InChI is InChI=1S/C16H31BrS/c1-3-5-7-15-8-11-16(14-17,12-9-15)10-6-13-18-4-2/h15H,3-14H2,1-2H3. The Kier molecular flexibility index (Phi) is 9.09. The smallest absolute Gasteiger partial charge is 0.00879 e. The van der Waals surface area contributed by atoms with Crippen LogP contribution in [0.2, 0.25) is 0 Å². The fraction of sp³-hybridized carbons (Fsp3) is 1.00. The predicted octanol–water partition coefficient (Wildman–Crippen LogP) is 6.28. The Balaban J connectivity index is 2.26. The van der Waals surface area contributed by atoms with Crippen LogP contribution in [0.25, 0.3) is 0 Å². The van der Waals surface area contributed by atoms with Gasteiger partial charge in [-0.3, -0.25) is 0 Å². The number of hydrogen-bond donors (Lipinski definition) is 0. The largest absolute Gasteiger partial charge is 0.162 e. The van der Waals surface area contributed by atoms with Gasteiger partial charge >= 0.3 is 0 Å². The van der Waals surface area contributed by atoms with Gasteiger partial charge in [0.2, 0.25) is 0 Å². The van der Waals surface area contributed by atoms with Crippen molar-refractivity contribution < 1.29 is 0 Å². The molecule has 0 spiro atoms. The molecule has 1 rings (SSSR count). The average Bonchev–Trinajstić information content (AvgIpc) is 2.43. The van der Waals surface area contributed by atoms with Crippen LogP contribution in [0.3, 0.4) is 0 Å². The SMILES string of the molecule is CCCCC1CCC(CBr)(CCCSCC)CC1. The zero-order valence-corrected chi connectivity index (χ0v) is 14.8. The summed E-state index contributed by atoms with van der Waals surface area (Å²) in [5, 5.41) is 1.23. The third-order valence-corrected chi connectivity index (χ3v) is 6.79. The van der Waals surface area contributed by atoms with Crippen molar-refractivity contribution in [2.24, 2.45) is 11.3 Å². The van der Waals surface area contributed by atoms with Crippen LogP contribution in [0.15, 0.2) is 0 Å². The van der Waals surface area contributed by atoms with Crippen molar-refractivity contribution in [2.45, 2.75) is 71.6 Å². The molecule has 0 aliphatic heterocycles. The summed E-state index contributed by atoms with van der Waals surface area (Å²) in [5.74, 6) is 3.69. The lowest BCUT2D eigenvalue weighted by Gasteiger charge is -2.39. The van der Waals surface area contributed by atoms with Gasteiger partial charge in [0.05, 0.1) is 0 Å². The van der Waals surface area contributed by atoms with E-state index in [1.165, 1.54) is 74.6 Å². The summed E-state index contributed by atoms with van der Waals surface area (Å²) in [6.45, 7) is 4.58. The Morgan fingerprint density at radius 2 is 1.89 bits per heavy atom. The summed E-state index contributed by atoms with van der Waals surface area (Å²) < 4.78 is 0. The second-order valence-electron chi connectivity index (χ2n) is 6.02. The number of thioether (sulfide) groups is 1. The van der Waals surface area contributed by atoms with Crippen molar-refractivity contribution in [2.75, 3.05) is 16.8 Å². The van der Waals surface area contributed by atoms with Gasteiger partial charge in [-0.25, -0.2) is 0 Å². The predicted molar refractivity (Wildman–Crippen MR) is 89.9 cm³/mol. The van der Waals surface area contributed by atoms with Gasteiger partial charge in [-0.2, -0.15) is 11.8 Å². The van der Waals surface area contributed by atoms with Crippen LogP contribution in [0.4, 0.5) is 0 Å². The molecule has 2 heteroatoms. The minimum Gasteiger partial charge on any atom is -0.162 e. The van der Waals surface area contributed by atoms with Crippen molar-refractivity contribution in [3.63, 3.8) is 0 Å². The molecule has 0 saturated heterocycles. The highest BCUT2D eigenvalue weighted by Crippen LogP contribution is 2.45. The number of alkyl halides is 1. The molecule has 0 heterocycles.